The fourth-order valence-corrected chi connectivity index (χ4v) is 3.66. The van der Waals surface area contributed by atoms with Crippen molar-refractivity contribution >= 4 is 29.1 Å². The van der Waals surface area contributed by atoms with Crippen LogP contribution in [0.15, 0.2) is 48.5 Å². The number of para-hydroxylation sites is 1. The van der Waals surface area contributed by atoms with Crippen molar-refractivity contribution in [3.05, 3.63) is 69.8 Å². The number of carbonyl (C=O) groups excluding carboxylic acids is 3. The molecule has 1 saturated heterocycles. The Morgan fingerprint density at radius 1 is 1.17 bits per heavy atom. The Labute approximate surface area is 167 Å². The molecule has 0 radical (unpaired) electrons. The van der Waals surface area contributed by atoms with E-state index >= 15 is 0 Å². The molecule has 1 aliphatic heterocycles. The zero-order valence-corrected chi connectivity index (χ0v) is 15.9. The molecule has 29 heavy (non-hydrogen) atoms. The molecule has 150 valence electrons. The number of rotatable bonds is 6. The van der Waals surface area contributed by atoms with Crippen LogP contribution >= 0.6 is 0 Å². The van der Waals surface area contributed by atoms with Crippen LogP contribution in [0, 0.1) is 10.1 Å². The van der Waals surface area contributed by atoms with Gasteiger partial charge < -0.3 is 5.32 Å². The summed E-state index contributed by atoms with van der Waals surface area (Å²) in [5, 5.41) is 16.2. The number of piperidine rings is 1. The third-order valence-corrected chi connectivity index (χ3v) is 5.33. The number of nitro groups is 1. The van der Waals surface area contributed by atoms with E-state index in [1.165, 1.54) is 6.07 Å². The number of carbonyl (C=O) groups is 3. The summed E-state index contributed by atoms with van der Waals surface area (Å²) in [6.07, 6.45) is 1.16. The lowest BCUT2D eigenvalue weighted by Crippen LogP contribution is -2.51. The number of hydrogen-bond donors (Lipinski definition) is 2. The van der Waals surface area contributed by atoms with Crippen LogP contribution in [0.3, 0.4) is 0 Å². The molecule has 3 rings (SSSR count). The lowest BCUT2D eigenvalue weighted by atomic mass is 9.72. The molecule has 1 heterocycles. The lowest BCUT2D eigenvalue weighted by Gasteiger charge is -2.35. The SMILES string of the molecule is CCC1(c2ccc(NC(=O)Cc3ccccc3[N+](=O)[O-])cc2)CCC(=O)NC1=O. The fourth-order valence-electron chi connectivity index (χ4n) is 3.66. The minimum Gasteiger partial charge on any atom is -0.326 e. The van der Waals surface area contributed by atoms with E-state index in [0.29, 0.717) is 24.1 Å². The highest BCUT2D eigenvalue weighted by Gasteiger charge is 2.42. The van der Waals surface area contributed by atoms with Gasteiger partial charge in [-0.15, -0.1) is 0 Å². The molecule has 0 saturated carbocycles. The van der Waals surface area contributed by atoms with E-state index < -0.39 is 10.3 Å². The molecule has 1 aliphatic rings. The van der Waals surface area contributed by atoms with Gasteiger partial charge in [0.2, 0.25) is 17.7 Å². The molecular formula is C21H21N3O5. The van der Waals surface area contributed by atoms with Gasteiger partial charge in [-0.05, 0) is 30.5 Å². The first-order chi connectivity index (χ1) is 13.9. The number of anilines is 1. The van der Waals surface area contributed by atoms with Crippen molar-refractivity contribution in [3.8, 4) is 0 Å². The van der Waals surface area contributed by atoms with Crippen LogP contribution < -0.4 is 10.6 Å². The molecule has 2 N–H and O–H groups in total. The Morgan fingerprint density at radius 3 is 2.48 bits per heavy atom. The van der Waals surface area contributed by atoms with Gasteiger partial charge in [0, 0.05) is 23.7 Å². The Hall–Kier alpha value is -3.55. The van der Waals surface area contributed by atoms with Gasteiger partial charge in [0.25, 0.3) is 5.69 Å². The summed E-state index contributed by atoms with van der Waals surface area (Å²) < 4.78 is 0. The van der Waals surface area contributed by atoms with Crippen molar-refractivity contribution in [2.45, 2.75) is 38.0 Å². The summed E-state index contributed by atoms with van der Waals surface area (Å²) in [6.45, 7) is 1.90. The van der Waals surface area contributed by atoms with Crippen LogP contribution in [0.2, 0.25) is 0 Å². The predicted octanol–water partition coefficient (Wildman–Crippen LogP) is 2.86. The number of nitrogens with one attached hydrogen (secondary N) is 2. The third-order valence-electron chi connectivity index (χ3n) is 5.33. The summed E-state index contributed by atoms with van der Waals surface area (Å²) in [6, 6.07) is 13.0. The molecule has 2 aromatic carbocycles. The fraction of sp³-hybridized carbons (Fsp3) is 0.286. The topological polar surface area (TPSA) is 118 Å². The monoisotopic (exact) mass is 395 g/mol. The van der Waals surface area contributed by atoms with Crippen LogP contribution in [0.4, 0.5) is 11.4 Å². The second kappa shape index (κ2) is 8.22. The van der Waals surface area contributed by atoms with Crippen LogP contribution in [0.25, 0.3) is 0 Å². The molecule has 8 heteroatoms. The van der Waals surface area contributed by atoms with Gasteiger partial charge in [0.15, 0.2) is 0 Å². The second-order valence-corrected chi connectivity index (χ2v) is 7.00. The molecule has 0 aromatic heterocycles. The first-order valence-electron chi connectivity index (χ1n) is 9.32. The number of amides is 3. The van der Waals surface area contributed by atoms with Gasteiger partial charge >= 0.3 is 0 Å². The highest BCUT2D eigenvalue weighted by molar-refractivity contribution is 6.03. The van der Waals surface area contributed by atoms with Crippen LogP contribution in [-0.4, -0.2) is 22.6 Å². The van der Waals surface area contributed by atoms with Gasteiger partial charge in [-0.1, -0.05) is 37.3 Å². The van der Waals surface area contributed by atoms with Crippen molar-refractivity contribution in [3.63, 3.8) is 0 Å². The summed E-state index contributed by atoms with van der Waals surface area (Å²) >= 11 is 0. The largest absolute Gasteiger partial charge is 0.326 e. The first kappa shape index (κ1) is 20.2. The van der Waals surface area contributed by atoms with E-state index in [1.807, 2.05) is 6.92 Å². The van der Waals surface area contributed by atoms with E-state index in [1.54, 1.807) is 42.5 Å². The Bertz CT molecular complexity index is 971. The van der Waals surface area contributed by atoms with Gasteiger partial charge in [0.05, 0.1) is 16.8 Å². The summed E-state index contributed by atoms with van der Waals surface area (Å²) in [5.74, 6) is -0.944. The number of hydrogen-bond acceptors (Lipinski definition) is 5. The van der Waals surface area contributed by atoms with Crippen molar-refractivity contribution < 1.29 is 19.3 Å². The molecule has 0 aliphatic carbocycles. The van der Waals surface area contributed by atoms with E-state index in [4.69, 9.17) is 0 Å². The molecule has 8 nitrogen and oxygen atoms in total. The Morgan fingerprint density at radius 2 is 1.86 bits per heavy atom. The quantitative estimate of drug-likeness (QED) is 0.443. The van der Waals surface area contributed by atoms with Crippen LogP contribution in [-0.2, 0) is 26.2 Å². The van der Waals surface area contributed by atoms with Crippen molar-refractivity contribution in [2.75, 3.05) is 5.32 Å². The van der Waals surface area contributed by atoms with Gasteiger partial charge in [-0.25, -0.2) is 0 Å². The molecule has 0 spiro atoms. The van der Waals surface area contributed by atoms with Gasteiger partial charge in [-0.3, -0.25) is 29.8 Å². The van der Waals surface area contributed by atoms with E-state index in [-0.39, 0.29) is 36.3 Å². The Balaban J connectivity index is 1.72. The van der Waals surface area contributed by atoms with E-state index in [2.05, 4.69) is 10.6 Å². The maximum Gasteiger partial charge on any atom is 0.273 e. The number of imide groups is 1. The maximum absolute atomic E-state index is 12.5. The van der Waals surface area contributed by atoms with Gasteiger partial charge in [0.1, 0.15) is 0 Å². The predicted molar refractivity (Wildman–Crippen MR) is 106 cm³/mol. The van der Waals surface area contributed by atoms with Crippen molar-refractivity contribution in [1.29, 1.82) is 0 Å². The first-order valence-corrected chi connectivity index (χ1v) is 9.32. The number of benzene rings is 2. The molecule has 1 atom stereocenters. The van der Waals surface area contributed by atoms with E-state index in [0.717, 1.165) is 5.56 Å². The zero-order chi connectivity index (χ0) is 21.0. The average Bonchev–Trinajstić information content (AvgIpc) is 2.69. The number of nitro benzene ring substituents is 1. The minimum atomic E-state index is -0.763. The van der Waals surface area contributed by atoms with Gasteiger partial charge in [-0.2, -0.15) is 0 Å². The van der Waals surface area contributed by atoms with Crippen molar-refractivity contribution in [1.82, 2.24) is 5.32 Å². The lowest BCUT2D eigenvalue weighted by molar-refractivity contribution is -0.385. The molecule has 0 bridgehead atoms. The molecule has 3 amide bonds. The highest BCUT2D eigenvalue weighted by atomic mass is 16.6. The van der Waals surface area contributed by atoms with Crippen molar-refractivity contribution in [2.24, 2.45) is 0 Å². The maximum atomic E-state index is 12.5. The molecular weight excluding hydrogens is 374 g/mol. The molecule has 1 unspecified atom stereocenters. The normalized spacial score (nSPS) is 18.8. The Kier molecular flexibility index (Phi) is 5.72. The summed E-state index contributed by atoms with van der Waals surface area (Å²) in [5.41, 5.74) is 0.777. The highest BCUT2D eigenvalue weighted by Crippen LogP contribution is 2.36. The van der Waals surface area contributed by atoms with E-state index in [9.17, 15) is 24.5 Å². The summed E-state index contributed by atoms with van der Waals surface area (Å²) in [7, 11) is 0. The molecule has 1 fully saturated rings. The summed E-state index contributed by atoms with van der Waals surface area (Å²) in [4.78, 5) is 46.8. The smallest absolute Gasteiger partial charge is 0.273 e. The minimum absolute atomic E-state index is 0.0965. The number of nitrogens with zero attached hydrogens (tertiary/aromatic N) is 1. The third kappa shape index (κ3) is 4.16. The average molecular weight is 395 g/mol. The zero-order valence-electron chi connectivity index (χ0n) is 15.9. The second-order valence-electron chi connectivity index (χ2n) is 7.00. The van der Waals surface area contributed by atoms with Crippen LogP contribution in [0.5, 0.6) is 0 Å². The standard InChI is InChI=1S/C21H21N3O5/c1-2-21(12-11-18(25)23-20(21)27)15-7-9-16(10-8-15)22-19(26)13-14-5-3-4-6-17(14)24(28)29/h3-10H,2,11-13H2,1H3,(H,22,26)(H,23,25,27). The molecule has 2 aromatic rings. The van der Waals surface area contributed by atoms with Crippen LogP contribution in [0.1, 0.15) is 37.3 Å².